The molecule has 4 heterocycles. The Morgan fingerprint density at radius 2 is 1.92 bits per heavy atom. The number of hydrogen-bond donors (Lipinski definition) is 1. The number of pyridine rings is 1. The van der Waals surface area contributed by atoms with Crippen LogP contribution >= 0.6 is 11.3 Å². The van der Waals surface area contributed by atoms with E-state index in [1.807, 2.05) is 11.6 Å². The van der Waals surface area contributed by atoms with Crippen molar-refractivity contribution in [2.75, 3.05) is 5.32 Å². The van der Waals surface area contributed by atoms with Gasteiger partial charge in [-0.05, 0) is 52.5 Å². The summed E-state index contributed by atoms with van der Waals surface area (Å²) in [5, 5.41) is 6.12. The Bertz CT molecular complexity index is 1630. The van der Waals surface area contributed by atoms with Crippen LogP contribution in [0.5, 0.6) is 0 Å². The second-order valence-electron chi connectivity index (χ2n) is 10.7. The third-order valence-electron chi connectivity index (χ3n) is 7.45. The van der Waals surface area contributed by atoms with E-state index in [9.17, 15) is 13.2 Å². The number of anilines is 2. The van der Waals surface area contributed by atoms with Crippen molar-refractivity contribution in [3.05, 3.63) is 29.2 Å². The van der Waals surface area contributed by atoms with Gasteiger partial charge in [-0.1, -0.05) is 0 Å². The maximum Gasteiger partial charge on any atom is 0.229 e. The molecule has 0 unspecified atom stereocenters. The second-order valence-corrected chi connectivity index (χ2v) is 14.1. The molecule has 10 nitrogen and oxygen atoms in total. The molecule has 38 heavy (non-hydrogen) atoms. The summed E-state index contributed by atoms with van der Waals surface area (Å²) >= 11 is 1.34. The van der Waals surface area contributed by atoms with Crippen molar-refractivity contribution in [1.29, 1.82) is 0 Å². The monoisotopic (exact) mass is 555 g/mol. The van der Waals surface area contributed by atoms with Gasteiger partial charge in [-0.2, -0.15) is 0 Å². The van der Waals surface area contributed by atoms with E-state index in [0.717, 1.165) is 47.9 Å². The lowest BCUT2D eigenvalue weighted by Gasteiger charge is -2.22. The van der Waals surface area contributed by atoms with Crippen LogP contribution in [0.2, 0.25) is 0 Å². The highest BCUT2D eigenvalue weighted by Crippen LogP contribution is 2.38. The molecule has 4 aromatic heterocycles. The number of nitrogens with one attached hydrogen (secondary N) is 1. The van der Waals surface area contributed by atoms with Crippen LogP contribution in [0, 0.1) is 0 Å². The summed E-state index contributed by atoms with van der Waals surface area (Å²) in [4.78, 5) is 29.6. The van der Waals surface area contributed by atoms with Crippen molar-refractivity contribution < 1.29 is 13.2 Å². The normalized spacial score (nSPS) is 16.1. The first-order valence-corrected chi connectivity index (χ1v) is 15.8. The number of thiazole rings is 1. The Labute approximate surface area is 226 Å². The lowest BCUT2D eigenvalue weighted by atomic mass is 10.2. The van der Waals surface area contributed by atoms with Gasteiger partial charge < -0.3 is 19.4 Å². The van der Waals surface area contributed by atoms with Crippen LogP contribution in [0.15, 0.2) is 17.8 Å². The van der Waals surface area contributed by atoms with E-state index >= 15 is 0 Å². The zero-order valence-corrected chi connectivity index (χ0v) is 23.8. The van der Waals surface area contributed by atoms with Crippen LogP contribution in [0.25, 0.3) is 22.1 Å². The third kappa shape index (κ3) is 4.57. The fraction of sp³-hybridized carbons (Fsp3) is 0.538. The van der Waals surface area contributed by atoms with Crippen molar-refractivity contribution in [2.24, 2.45) is 7.05 Å². The smallest absolute Gasteiger partial charge is 0.229 e. The molecule has 1 N–H and O–H groups in total. The Morgan fingerprint density at radius 3 is 2.55 bits per heavy atom. The van der Waals surface area contributed by atoms with Crippen molar-refractivity contribution in [2.45, 2.75) is 82.5 Å². The quantitative estimate of drug-likeness (QED) is 0.312. The molecule has 0 aliphatic heterocycles. The lowest BCUT2D eigenvalue weighted by molar-refractivity contribution is -0.131. The van der Waals surface area contributed by atoms with Gasteiger partial charge in [0.2, 0.25) is 5.91 Å². The molecule has 0 aromatic carbocycles. The van der Waals surface area contributed by atoms with Crippen molar-refractivity contribution in [3.8, 4) is 0 Å². The van der Waals surface area contributed by atoms with Crippen LogP contribution < -0.4 is 5.32 Å². The summed E-state index contributed by atoms with van der Waals surface area (Å²) in [6.07, 6.45) is 6.59. The van der Waals surface area contributed by atoms with Crippen LogP contribution in [0.4, 0.5) is 10.9 Å². The highest BCUT2D eigenvalue weighted by molar-refractivity contribution is 7.91. The van der Waals surface area contributed by atoms with Gasteiger partial charge in [0.05, 0.1) is 35.0 Å². The zero-order chi connectivity index (χ0) is 26.8. The maximum atomic E-state index is 13.4. The number of aromatic nitrogens is 5. The number of carbonyl (C=O) groups is 1. The molecule has 0 atom stereocenters. The van der Waals surface area contributed by atoms with E-state index in [1.54, 1.807) is 25.6 Å². The van der Waals surface area contributed by atoms with E-state index in [2.05, 4.69) is 37.7 Å². The average Bonchev–Trinajstić information content (AvgIpc) is 3.77. The Hall–Kier alpha value is -2.99. The standard InChI is InChI=1S/C26H33N7O3S2/c1-5-32-19(11-21(34)33(17-6-7-17)18-8-9-18)10-20-23-22(27-14-31(23)4)24(29-25(20)32)30-26-28-16(12-37-26)13-38(35,36)15(2)3/h10,12,14-15,17-18H,5-9,11,13H2,1-4H3,(H,28,29,30). The first-order valence-electron chi connectivity index (χ1n) is 13.2. The molecule has 0 saturated heterocycles. The van der Waals surface area contributed by atoms with Gasteiger partial charge in [-0.15, -0.1) is 11.3 Å². The molecule has 6 rings (SSSR count). The molecule has 12 heteroatoms. The largest absolute Gasteiger partial charge is 0.336 e. The number of imidazole rings is 1. The van der Waals surface area contributed by atoms with Crippen LogP contribution in [0.1, 0.15) is 57.8 Å². The molecule has 4 aromatic rings. The van der Waals surface area contributed by atoms with Gasteiger partial charge >= 0.3 is 0 Å². The molecule has 1 amide bonds. The van der Waals surface area contributed by atoms with Crippen LogP contribution in [-0.4, -0.2) is 60.6 Å². The highest BCUT2D eigenvalue weighted by Gasteiger charge is 2.42. The fourth-order valence-electron chi connectivity index (χ4n) is 5.11. The third-order valence-corrected chi connectivity index (χ3v) is 10.4. The van der Waals surface area contributed by atoms with Crippen LogP contribution in [0.3, 0.4) is 0 Å². The number of hydrogen-bond acceptors (Lipinski definition) is 8. The first-order chi connectivity index (χ1) is 18.2. The minimum absolute atomic E-state index is 0.0941. The maximum absolute atomic E-state index is 13.4. The summed E-state index contributed by atoms with van der Waals surface area (Å²) in [6.45, 7) is 6.11. The van der Waals surface area contributed by atoms with Crippen LogP contribution in [-0.2, 0) is 40.4 Å². The summed E-state index contributed by atoms with van der Waals surface area (Å²) in [5.41, 5.74) is 3.89. The number of amides is 1. The Kier molecular flexibility index (Phi) is 6.21. The summed E-state index contributed by atoms with van der Waals surface area (Å²) in [6, 6.07) is 2.94. The van der Waals surface area contributed by atoms with E-state index in [0.29, 0.717) is 47.2 Å². The lowest BCUT2D eigenvalue weighted by Crippen LogP contribution is -2.36. The number of aryl methyl sites for hydroxylation is 2. The topological polar surface area (TPSA) is 115 Å². The predicted octanol–water partition coefficient (Wildman–Crippen LogP) is 4.16. The number of fused-ring (bicyclic) bond motifs is 3. The minimum atomic E-state index is -3.25. The van der Waals surface area contributed by atoms with Crippen molar-refractivity contribution in [3.63, 3.8) is 0 Å². The minimum Gasteiger partial charge on any atom is -0.336 e. The molecular weight excluding hydrogens is 522 g/mol. The van der Waals surface area contributed by atoms with E-state index < -0.39 is 15.1 Å². The van der Waals surface area contributed by atoms with Crippen molar-refractivity contribution >= 4 is 60.1 Å². The highest BCUT2D eigenvalue weighted by atomic mass is 32.2. The number of sulfone groups is 1. The van der Waals surface area contributed by atoms with Gasteiger partial charge in [0.25, 0.3) is 0 Å². The Balaban J connectivity index is 1.35. The molecule has 2 aliphatic carbocycles. The van der Waals surface area contributed by atoms with Gasteiger partial charge in [0, 0.05) is 42.1 Å². The van der Waals surface area contributed by atoms with E-state index in [1.165, 1.54) is 11.3 Å². The van der Waals surface area contributed by atoms with Gasteiger partial charge in [0.1, 0.15) is 11.2 Å². The molecule has 0 radical (unpaired) electrons. The summed E-state index contributed by atoms with van der Waals surface area (Å²) in [7, 11) is -1.29. The van der Waals surface area contributed by atoms with Gasteiger partial charge in [0.15, 0.2) is 20.8 Å². The molecule has 0 spiro atoms. The molecule has 202 valence electrons. The molecule has 0 bridgehead atoms. The number of nitrogens with zero attached hydrogens (tertiary/aromatic N) is 6. The fourth-order valence-corrected chi connectivity index (χ4v) is 6.82. The average molecular weight is 556 g/mol. The van der Waals surface area contributed by atoms with Gasteiger partial charge in [-0.3, -0.25) is 4.79 Å². The SMILES string of the molecule is CCn1c(CC(=O)N(C2CC2)C2CC2)cc2c3c(ncn3C)c(Nc3nc(CS(=O)(=O)C(C)C)cs3)nc21. The first kappa shape index (κ1) is 25.3. The molecule has 2 saturated carbocycles. The molecular formula is C26H33N7O3S2. The summed E-state index contributed by atoms with van der Waals surface area (Å²) in [5.74, 6) is 0.672. The molecule has 2 fully saturated rings. The van der Waals surface area contributed by atoms with Gasteiger partial charge in [-0.25, -0.2) is 23.4 Å². The molecule has 2 aliphatic rings. The van der Waals surface area contributed by atoms with E-state index in [-0.39, 0.29) is 11.7 Å². The predicted molar refractivity (Wildman–Crippen MR) is 149 cm³/mol. The Morgan fingerprint density at radius 1 is 1.21 bits per heavy atom. The van der Waals surface area contributed by atoms with Crippen molar-refractivity contribution in [1.82, 2.24) is 29.0 Å². The second kappa shape index (κ2) is 9.33. The van der Waals surface area contributed by atoms with E-state index in [4.69, 9.17) is 4.98 Å². The zero-order valence-electron chi connectivity index (χ0n) is 22.1. The number of carbonyl (C=O) groups excluding carboxylic acids is 1. The summed E-state index contributed by atoms with van der Waals surface area (Å²) < 4.78 is 28.8. The number of rotatable bonds is 10.